The molecule has 0 spiro atoms. The van der Waals surface area contributed by atoms with Gasteiger partial charge in [-0.15, -0.1) is 0 Å². The number of hydrogen-bond acceptors (Lipinski definition) is 12. The zero-order chi connectivity index (χ0) is 55.5. The van der Waals surface area contributed by atoms with E-state index in [2.05, 4.69) is 46.5 Å². The normalized spacial score (nSPS) is 19.3. The molecule has 76 heavy (non-hydrogen) atoms. The molecule has 1 saturated heterocycles. The quantitative estimate of drug-likeness (QED) is 0.0182. The van der Waals surface area contributed by atoms with Crippen LogP contribution in [0, 0.1) is 0 Å². The summed E-state index contributed by atoms with van der Waals surface area (Å²) in [4.78, 5) is 129. The number of primary amides is 1. The van der Waals surface area contributed by atoms with Crippen molar-refractivity contribution in [3.05, 3.63) is 86.0 Å². The summed E-state index contributed by atoms with van der Waals surface area (Å²) in [6, 6.07) is 1.97. The van der Waals surface area contributed by atoms with Crippen molar-refractivity contribution in [2.75, 3.05) is 44.2 Å². The first kappa shape index (κ1) is 60.9. The fourth-order valence-electron chi connectivity index (χ4n) is 8.24. The first-order valence-electron chi connectivity index (χ1n) is 24.2. The number of amides is 8. The Labute approximate surface area is 467 Å². The van der Waals surface area contributed by atoms with Crippen molar-refractivity contribution in [1.82, 2.24) is 51.3 Å². The molecule has 28 heteroatoms. The summed E-state index contributed by atoms with van der Waals surface area (Å²) < 4.78 is 0. The van der Waals surface area contributed by atoms with E-state index in [9.17, 15) is 38.4 Å². The SMILES string of the molecule is CCCC[C@H](NC(C)=O)C(=O)N1CCSSCCN(CC(N)=O)C(=O)[C@H](Cc2c[nH]c3ccccc23)NC(=O)[C@H](CCCN=C(N)N)NC(=O)[C@@H](Cc2cc(Cl)c(Cl)c(Cl)c2Cl)NC(=O)[C@H](Cc2cnc[nH]2)NC(=O)C1. The van der Waals surface area contributed by atoms with Gasteiger partial charge in [-0.05, 0) is 42.5 Å². The molecule has 4 aromatic rings. The maximum Gasteiger partial charge on any atom is 0.245 e. The standard InChI is InChI=1S/C48H62Cl4N14O8S2/c1-3-4-9-34(60-26(2)67)46(73)66-14-16-76-75-15-13-65(23-38(53)68)47(74)37(19-28-21-58-32-10-6-5-8-30(28)32)64-43(70)33(11-7-12-57-48(54)55)62-44(71)35(18-27-17-31(49)41(51)42(52)40(27)50)63-45(72)36(61-39(69)24-66)20-29-22-56-25-59-29/h5-6,8,10,17,21-22,25,33-37,58H,3-4,7,9,11-16,18-20,23-24H2,1-2H3,(H2,53,68)(H,56,59)(H,60,67)(H,61,69)(H,62,71)(H,63,72)(H,64,70)(H4,54,55,57)/t33-,34-,35+,36-,37-/m0/s1. The number of carbonyl (C=O) groups excluding carboxylic acids is 8. The largest absolute Gasteiger partial charge is 0.370 e. The van der Waals surface area contributed by atoms with Gasteiger partial charge in [0, 0.05) is 86.3 Å². The van der Waals surface area contributed by atoms with Gasteiger partial charge in [0.05, 0.1) is 39.5 Å². The topological polar surface area (TPSA) is 338 Å². The second-order valence-corrected chi connectivity index (χ2v) is 22.0. The number of halogens is 4. The molecule has 3 heterocycles. The summed E-state index contributed by atoms with van der Waals surface area (Å²) in [5.74, 6) is -5.56. The third-order valence-electron chi connectivity index (χ3n) is 12.0. The molecule has 2 aromatic carbocycles. The van der Waals surface area contributed by atoms with E-state index in [0.29, 0.717) is 24.1 Å². The molecule has 1 aliphatic heterocycles. The highest BCUT2D eigenvalue weighted by Gasteiger charge is 2.35. The number of para-hydroxylation sites is 1. The molecule has 5 atom stereocenters. The lowest BCUT2D eigenvalue weighted by Gasteiger charge is -2.30. The average Bonchev–Trinajstić information content (AvgIpc) is 4.05. The minimum absolute atomic E-state index is 0.00847. The Morgan fingerprint density at radius 2 is 1.47 bits per heavy atom. The van der Waals surface area contributed by atoms with Gasteiger partial charge in [0.25, 0.3) is 0 Å². The number of aliphatic imine (C=N–C) groups is 1. The Morgan fingerprint density at radius 3 is 2.14 bits per heavy atom. The maximum atomic E-state index is 14.9. The zero-order valence-electron chi connectivity index (χ0n) is 41.7. The Bertz CT molecular complexity index is 2730. The number of unbranched alkanes of at least 4 members (excludes halogenated alkanes) is 1. The number of nitrogens with two attached hydrogens (primary N) is 3. The van der Waals surface area contributed by atoms with Gasteiger partial charge in [0.1, 0.15) is 30.2 Å². The number of aromatic nitrogens is 3. The predicted molar refractivity (Wildman–Crippen MR) is 297 cm³/mol. The number of rotatable bonds is 17. The van der Waals surface area contributed by atoms with Crippen LogP contribution < -0.4 is 43.8 Å². The van der Waals surface area contributed by atoms with Crippen LogP contribution >= 0.6 is 68.0 Å². The van der Waals surface area contributed by atoms with Gasteiger partial charge in [-0.2, -0.15) is 0 Å². The highest BCUT2D eigenvalue weighted by atomic mass is 35.5. The van der Waals surface area contributed by atoms with Gasteiger partial charge in [-0.25, -0.2) is 4.98 Å². The molecule has 2 aromatic heterocycles. The molecule has 0 saturated carbocycles. The number of benzene rings is 2. The lowest BCUT2D eigenvalue weighted by Crippen LogP contribution is -2.60. The molecule has 0 radical (unpaired) electrons. The molecule has 5 rings (SSSR count). The number of nitrogens with zero attached hydrogens (tertiary/aromatic N) is 4. The highest BCUT2D eigenvalue weighted by Crippen LogP contribution is 2.38. The van der Waals surface area contributed by atoms with Crippen LogP contribution in [0.25, 0.3) is 10.9 Å². The monoisotopic (exact) mass is 1170 g/mol. The van der Waals surface area contributed by atoms with E-state index in [1.807, 2.05) is 31.2 Å². The summed E-state index contributed by atoms with van der Waals surface area (Å²) >= 11 is 25.9. The lowest BCUT2D eigenvalue weighted by atomic mass is 10.0. The number of carbonyl (C=O) groups is 8. The van der Waals surface area contributed by atoms with Crippen LogP contribution in [0.5, 0.6) is 0 Å². The molecular formula is C48H62Cl4N14O8S2. The molecule has 412 valence electrons. The van der Waals surface area contributed by atoms with E-state index in [-0.39, 0.29) is 88.4 Å². The van der Waals surface area contributed by atoms with Crippen molar-refractivity contribution in [3.8, 4) is 0 Å². The van der Waals surface area contributed by atoms with E-state index < -0.39 is 97.0 Å². The van der Waals surface area contributed by atoms with Gasteiger partial charge in [-0.3, -0.25) is 43.3 Å². The number of hydrogen-bond donors (Lipinski definition) is 10. The van der Waals surface area contributed by atoms with Gasteiger partial charge in [0.2, 0.25) is 47.3 Å². The molecule has 0 unspecified atom stereocenters. The van der Waals surface area contributed by atoms with Crippen molar-refractivity contribution in [2.45, 2.75) is 95.4 Å². The number of H-pyrrole nitrogens is 2. The third-order valence-corrected chi connectivity index (χ3v) is 16.1. The van der Waals surface area contributed by atoms with Crippen molar-refractivity contribution in [1.29, 1.82) is 0 Å². The zero-order valence-corrected chi connectivity index (χ0v) is 46.4. The van der Waals surface area contributed by atoms with E-state index >= 15 is 0 Å². The summed E-state index contributed by atoms with van der Waals surface area (Å²) in [6.07, 6.45) is 5.51. The van der Waals surface area contributed by atoms with Crippen LogP contribution in [0.3, 0.4) is 0 Å². The molecule has 1 aliphatic rings. The number of guanidine groups is 1. The second kappa shape index (κ2) is 30.1. The van der Waals surface area contributed by atoms with Crippen LogP contribution in [-0.4, -0.2) is 152 Å². The molecule has 0 aliphatic carbocycles. The first-order chi connectivity index (χ1) is 36.3. The van der Waals surface area contributed by atoms with E-state index in [1.54, 1.807) is 6.20 Å². The van der Waals surface area contributed by atoms with Gasteiger partial charge in [0.15, 0.2) is 5.96 Å². The Morgan fingerprint density at radius 1 is 0.816 bits per heavy atom. The second-order valence-electron chi connectivity index (χ2n) is 17.8. The average molecular weight is 1170 g/mol. The van der Waals surface area contributed by atoms with Crippen molar-refractivity contribution >= 4 is 132 Å². The first-order valence-corrected chi connectivity index (χ1v) is 28.2. The summed E-state index contributed by atoms with van der Waals surface area (Å²) in [5.41, 5.74) is 18.9. The minimum atomic E-state index is -1.59. The van der Waals surface area contributed by atoms with Crippen molar-refractivity contribution < 1.29 is 38.4 Å². The fourth-order valence-corrected chi connectivity index (χ4v) is 11.1. The number of imidazole rings is 1. The number of fused-ring (bicyclic) bond motifs is 1. The van der Waals surface area contributed by atoms with Crippen LogP contribution in [0.4, 0.5) is 0 Å². The van der Waals surface area contributed by atoms with Gasteiger partial charge in [-0.1, -0.05) is 106 Å². The van der Waals surface area contributed by atoms with E-state index in [0.717, 1.165) is 17.3 Å². The smallest absolute Gasteiger partial charge is 0.245 e. The predicted octanol–water partition coefficient (Wildman–Crippen LogP) is 2.76. The van der Waals surface area contributed by atoms with Crippen molar-refractivity contribution in [3.63, 3.8) is 0 Å². The van der Waals surface area contributed by atoms with Crippen LogP contribution in [0.1, 0.15) is 62.8 Å². The molecular weight excluding hydrogens is 1110 g/mol. The van der Waals surface area contributed by atoms with Gasteiger partial charge < -0.3 is 63.6 Å². The number of aromatic amines is 2. The van der Waals surface area contributed by atoms with Crippen molar-refractivity contribution in [2.24, 2.45) is 22.2 Å². The third kappa shape index (κ3) is 18.4. The Hall–Kier alpha value is -5.92. The Balaban J connectivity index is 1.62. The van der Waals surface area contributed by atoms with Crippen LogP contribution in [-0.2, 0) is 57.6 Å². The molecule has 13 N–H and O–H groups in total. The lowest BCUT2D eigenvalue weighted by molar-refractivity contribution is -0.140. The highest BCUT2D eigenvalue weighted by molar-refractivity contribution is 8.76. The van der Waals surface area contributed by atoms with Crippen LogP contribution in [0.2, 0.25) is 20.1 Å². The summed E-state index contributed by atoms with van der Waals surface area (Å²) in [7, 11) is 2.64. The molecule has 0 bridgehead atoms. The summed E-state index contributed by atoms with van der Waals surface area (Å²) in [5, 5.41) is 14.1. The summed E-state index contributed by atoms with van der Waals surface area (Å²) in [6.45, 7) is 2.20. The van der Waals surface area contributed by atoms with E-state index in [4.69, 9.17) is 63.6 Å². The van der Waals surface area contributed by atoms with Crippen LogP contribution in [0.15, 0.2) is 54.0 Å². The maximum absolute atomic E-state index is 14.9. The molecule has 8 amide bonds. The molecule has 1 fully saturated rings. The van der Waals surface area contributed by atoms with E-state index in [1.165, 1.54) is 56.9 Å². The fraction of sp³-hybridized carbons (Fsp3) is 0.458. The van der Waals surface area contributed by atoms with Gasteiger partial charge >= 0.3 is 0 Å². The number of nitrogens with one attached hydrogen (secondary N) is 7. The molecule has 22 nitrogen and oxygen atoms in total. The Kier molecular flexibility index (Phi) is 24.2. The minimum Gasteiger partial charge on any atom is -0.370 e.